The fourth-order valence-electron chi connectivity index (χ4n) is 2.23. The Morgan fingerprint density at radius 2 is 2.41 bits per heavy atom. The molecule has 2 aliphatic rings. The van der Waals surface area contributed by atoms with Gasteiger partial charge in [0, 0.05) is 32.1 Å². The van der Waals surface area contributed by atoms with E-state index >= 15 is 0 Å². The second-order valence-corrected chi connectivity index (χ2v) is 4.76. The van der Waals surface area contributed by atoms with Gasteiger partial charge in [-0.3, -0.25) is 9.59 Å². The highest BCUT2D eigenvalue weighted by molar-refractivity contribution is 5.89. The molecule has 0 aromatic heterocycles. The first-order chi connectivity index (χ1) is 8.08. The molecule has 6 nitrogen and oxygen atoms in total. The van der Waals surface area contributed by atoms with Gasteiger partial charge < -0.3 is 20.7 Å². The third-order valence-corrected chi connectivity index (χ3v) is 3.32. The van der Waals surface area contributed by atoms with Gasteiger partial charge in [0.1, 0.15) is 0 Å². The summed E-state index contributed by atoms with van der Waals surface area (Å²) in [5.74, 6) is -0.216. The first-order valence-electron chi connectivity index (χ1n) is 6.00. The Morgan fingerprint density at radius 1 is 1.65 bits per heavy atom. The van der Waals surface area contributed by atoms with Crippen LogP contribution in [0.2, 0.25) is 0 Å². The fourth-order valence-corrected chi connectivity index (χ4v) is 2.23. The molecule has 96 valence electrons. The van der Waals surface area contributed by atoms with Crippen LogP contribution in [0.25, 0.3) is 0 Å². The maximum atomic E-state index is 12.2. The number of carbonyl (C=O) groups is 2. The van der Waals surface area contributed by atoms with E-state index in [1.54, 1.807) is 4.90 Å². The quantitative estimate of drug-likeness (QED) is 0.629. The smallest absolute Gasteiger partial charge is 0.228 e. The first-order valence-corrected chi connectivity index (χ1v) is 6.00. The van der Waals surface area contributed by atoms with Crippen molar-refractivity contribution in [3.05, 3.63) is 0 Å². The minimum Gasteiger partial charge on any atom is -0.373 e. The number of nitrogens with one attached hydrogen (secondary N) is 1. The molecule has 2 fully saturated rings. The highest BCUT2D eigenvalue weighted by Crippen LogP contribution is 2.16. The molecule has 0 radical (unpaired) electrons. The third kappa shape index (κ3) is 2.76. The number of ether oxygens (including phenoxy) is 1. The summed E-state index contributed by atoms with van der Waals surface area (Å²) in [5.41, 5.74) is 5.78. The van der Waals surface area contributed by atoms with Crippen LogP contribution in [-0.2, 0) is 14.3 Å². The number of nitrogens with zero attached hydrogens (tertiary/aromatic N) is 1. The van der Waals surface area contributed by atoms with Crippen LogP contribution in [0.4, 0.5) is 0 Å². The molecule has 2 aliphatic heterocycles. The van der Waals surface area contributed by atoms with Gasteiger partial charge in [-0.25, -0.2) is 0 Å². The van der Waals surface area contributed by atoms with Crippen LogP contribution in [0.1, 0.15) is 13.3 Å². The van der Waals surface area contributed by atoms with E-state index in [0.29, 0.717) is 32.7 Å². The van der Waals surface area contributed by atoms with Gasteiger partial charge in [-0.2, -0.15) is 0 Å². The summed E-state index contributed by atoms with van der Waals surface area (Å²) in [5, 5.41) is 2.68. The third-order valence-electron chi connectivity index (χ3n) is 3.32. The van der Waals surface area contributed by atoms with Crippen molar-refractivity contribution < 1.29 is 14.3 Å². The molecule has 0 saturated carbocycles. The zero-order valence-corrected chi connectivity index (χ0v) is 10.0. The molecule has 0 aromatic rings. The van der Waals surface area contributed by atoms with E-state index in [4.69, 9.17) is 10.5 Å². The first kappa shape index (κ1) is 12.3. The summed E-state index contributed by atoms with van der Waals surface area (Å²) in [6, 6.07) is -0.0889. The Kier molecular flexibility index (Phi) is 3.63. The molecule has 17 heavy (non-hydrogen) atoms. The van der Waals surface area contributed by atoms with Gasteiger partial charge in [-0.05, 0) is 6.92 Å². The molecular formula is C11H19N3O3. The monoisotopic (exact) mass is 241 g/mol. The fraction of sp³-hybridized carbons (Fsp3) is 0.818. The van der Waals surface area contributed by atoms with Gasteiger partial charge in [-0.1, -0.05) is 0 Å². The highest BCUT2D eigenvalue weighted by Gasteiger charge is 2.34. The average Bonchev–Trinajstić information content (AvgIpc) is 2.75. The van der Waals surface area contributed by atoms with Gasteiger partial charge in [0.2, 0.25) is 11.8 Å². The number of hydrogen-bond acceptors (Lipinski definition) is 4. The topological polar surface area (TPSA) is 84.7 Å². The van der Waals surface area contributed by atoms with Crippen LogP contribution in [-0.4, -0.2) is 55.1 Å². The predicted molar refractivity (Wildman–Crippen MR) is 61.1 cm³/mol. The molecule has 3 atom stereocenters. The normalized spacial score (nSPS) is 31.2. The number of nitrogens with two attached hydrogens (primary N) is 1. The van der Waals surface area contributed by atoms with E-state index in [1.807, 2.05) is 6.92 Å². The van der Waals surface area contributed by atoms with Crippen molar-refractivity contribution in [3.8, 4) is 0 Å². The minimum atomic E-state index is -0.214. The molecule has 0 aromatic carbocycles. The standard InChI is InChI=1S/C11H19N3O3/c1-7(12)9-6-14(2-3-17-9)11(16)8-4-10(15)13-5-8/h7-9H,2-6,12H2,1H3,(H,13,15). The molecular weight excluding hydrogens is 222 g/mol. The number of amides is 2. The van der Waals surface area contributed by atoms with Crippen LogP contribution in [0, 0.1) is 5.92 Å². The number of morpholine rings is 1. The minimum absolute atomic E-state index is 0.0392. The van der Waals surface area contributed by atoms with Crippen LogP contribution in [0.15, 0.2) is 0 Å². The van der Waals surface area contributed by atoms with Gasteiger partial charge >= 0.3 is 0 Å². The molecule has 2 heterocycles. The second kappa shape index (κ2) is 5.01. The van der Waals surface area contributed by atoms with Crippen LogP contribution < -0.4 is 11.1 Å². The molecule has 0 bridgehead atoms. The molecule has 3 N–H and O–H groups in total. The summed E-state index contributed by atoms with van der Waals surface area (Å²) in [6.07, 6.45) is 0.205. The maximum absolute atomic E-state index is 12.2. The Labute approximate surface area is 100 Å². The van der Waals surface area contributed by atoms with Crippen molar-refractivity contribution in [2.24, 2.45) is 11.7 Å². The number of hydrogen-bond donors (Lipinski definition) is 2. The lowest BCUT2D eigenvalue weighted by molar-refractivity contribution is -0.143. The van der Waals surface area contributed by atoms with Crippen LogP contribution >= 0.6 is 0 Å². The Balaban J connectivity index is 1.93. The summed E-state index contributed by atoms with van der Waals surface area (Å²) in [7, 11) is 0. The van der Waals surface area contributed by atoms with Gasteiger partial charge in [-0.15, -0.1) is 0 Å². The lowest BCUT2D eigenvalue weighted by atomic mass is 10.1. The van der Waals surface area contributed by atoms with E-state index < -0.39 is 0 Å². The maximum Gasteiger partial charge on any atom is 0.228 e. The van der Waals surface area contributed by atoms with E-state index in [1.165, 1.54) is 0 Å². The Bertz CT molecular complexity index is 319. The summed E-state index contributed by atoms with van der Waals surface area (Å²) in [4.78, 5) is 25.0. The van der Waals surface area contributed by atoms with E-state index in [-0.39, 0.29) is 29.9 Å². The van der Waals surface area contributed by atoms with Crippen molar-refractivity contribution in [2.75, 3.05) is 26.2 Å². The lowest BCUT2D eigenvalue weighted by Crippen LogP contribution is -2.52. The zero-order chi connectivity index (χ0) is 12.4. The van der Waals surface area contributed by atoms with Crippen LogP contribution in [0.5, 0.6) is 0 Å². The van der Waals surface area contributed by atoms with E-state index in [0.717, 1.165) is 0 Å². The molecule has 2 saturated heterocycles. The predicted octanol–water partition coefficient (Wildman–Crippen LogP) is -1.30. The van der Waals surface area contributed by atoms with E-state index in [2.05, 4.69) is 5.32 Å². The summed E-state index contributed by atoms with van der Waals surface area (Å²) >= 11 is 0. The van der Waals surface area contributed by atoms with Crippen molar-refractivity contribution in [1.29, 1.82) is 0 Å². The molecule has 3 unspecified atom stereocenters. The molecule has 0 spiro atoms. The SMILES string of the molecule is CC(N)C1CN(C(=O)C2CNC(=O)C2)CCO1. The van der Waals surface area contributed by atoms with Crippen molar-refractivity contribution in [3.63, 3.8) is 0 Å². The lowest BCUT2D eigenvalue weighted by Gasteiger charge is -2.35. The zero-order valence-electron chi connectivity index (χ0n) is 10.0. The molecule has 2 amide bonds. The summed E-state index contributed by atoms with van der Waals surface area (Å²) < 4.78 is 5.50. The van der Waals surface area contributed by atoms with E-state index in [9.17, 15) is 9.59 Å². The molecule has 6 heteroatoms. The van der Waals surface area contributed by atoms with Crippen molar-refractivity contribution in [1.82, 2.24) is 10.2 Å². The molecule has 2 rings (SSSR count). The Morgan fingerprint density at radius 3 is 3.00 bits per heavy atom. The van der Waals surface area contributed by atoms with Crippen LogP contribution in [0.3, 0.4) is 0 Å². The van der Waals surface area contributed by atoms with Gasteiger partial charge in [0.25, 0.3) is 0 Å². The molecule has 0 aliphatic carbocycles. The average molecular weight is 241 g/mol. The largest absolute Gasteiger partial charge is 0.373 e. The van der Waals surface area contributed by atoms with Crippen molar-refractivity contribution >= 4 is 11.8 Å². The van der Waals surface area contributed by atoms with Gasteiger partial charge in [0.05, 0.1) is 18.6 Å². The Hall–Kier alpha value is -1.14. The second-order valence-electron chi connectivity index (χ2n) is 4.76. The van der Waals surface area contributed by atoms with Crippen molar-refractivity contribution in [2.45, 2.75) is 25.5 Å². The summed E-state index contributed by atoms with van der Waals surface area (Å²) in [6.45, 7) is 3.97. The number of rotatable bonds is 2. The number of carbonyl (C=O) groups excluding carboxylic acids is 2. The van der Waals surface area contributed by atoms with Gasteiger partial charge in [0.15, 0.2) is 0 Å². The highest BCUT2D eigenvalue weighted by atomic mass is 16.5.